The lowest BCUT2D eigenvalue weighted by Gasteiger charge is -2.32. The van der Waals surface area contributed by atoms with Crippen molar-refractivity contribution in [3.05, 3.63) is 0 Å². The molecule has 1 rings (SSSR count). The molecule has 84 valence electrons. The highest BCUT2D eigenvalue weighted by Crippen LogP contribution is 2.18. The molecule has 0 aromatic carbocycles. The third kappa shape index (κ3) is 4.37. The van der Waals surface area contributed by atoms with Crippen molar-refractivity contribution in [2.75, 3.05) is 13.2 Å². The van der Waals surface area contributed by atoms with Gasteiger partial charge in [0.25, 0.3) is 0 Å². The maximum atomic E-state index is 9.48. The number of hydrogen-bond acceptors (Lipinski definition) is 4. The summed E-state index contributed by atoms with van der Waals surface area (Å²) < 4.78 is 5.27. The Morgan fingerprint density at radius 3 is 2.57 bits per heavy atom. The molecular weight excluding hydrogens is 182 g/mol. The number of hydrogen-bond donors (Lipinski definition) is 3. The van der Waals surface area contributed by atoms with Crippen LogP contribution in [0.2, 0.25) is 0 Å². The van der Waals surface area contributed by atoms with Gasteiger partial charge in [0.2, 0.25) is 0 Å². The van der Waals surface area contributed by atoms with Crippen molar-refractivity contribution in [3.63, 3.8) is 0 Å². The van der Waals surface area contributed by atoms with Gasteiger partial charge >= 0.3 is 0 Å². The largest absolute Gasteiger partial charge is 0.393 e. The second-order valence-corrected chi connectivity index (χ2v) is 4.27. The van der Waals surface area contributed by atoms with Crippen molar-refractivity contribution in [3.8, 4) is 0 Å². The molecule has 1 aliphatic rings. The van der Waals surface area contributed by atoms with Crippen molar-refractivity contribution >= 4 is 0 Å². The summed E-state index contributed by atoms with van der Waals surface area (Å²) >= 11 is 0. The zero-order valence-electron chi connectivity index (χ0n) is 8.94. The SMILES string of the molecule is CC(C)OCC(O)CNC1CC(O)C1. The fraction of sp³-hybridized carbons (Fsp3) is 1.00. The van der Waals surface area contributed by atoms with Gasteiger partial charge in [-0.1, -0.05) is 0 Å². The molecule has 0 spiro atoms. The number of aliphatic hydroxyl groups excluding tert-OH is 2. The molecule has 0 bridgehead atoms. The Bertz CT molecular complexity index is 157. The first kappa shape index (κ1) is 11.9. The fourth-order valence-corrected chi connectivity index (χ4v) is 1.42. The minimum atomic E-state index is -0.449. The van der Waals surface area contributed by atoms with Gasteiger partial charge in [-0.3, -0.25) is 0 Å². The molecule has 14 heavy (non-hydrogen) atoms. The highest BCUT2D eigenvalue weighted by molar-refractivity contribution is 4.84. The van der Waals surface area contributed by atoms with E-state index in [1.165, 1.54) is 0 Å². The lowest BCUT2D eigenvalue weighted by Crippen LogP contribution is -2.47. The van der Waals surface area contributed by atoms with Crippen LogP contribution >= 0.6 is 0 Å². The lowest BCUT2D eigenvalue weighted by molar-refractivity contribution is -0.000368. The second-order valence-electron chi connectivity index (χ2n) is 4.27. The molecule has 0 aromatic rings. The predicted molar refractivity (Wildman–Crippen MR) is 54.1 cm³/mol. The molecule has 1 fully saturated rings. The zero-order valence-corrected chi connectivity index (χ0v) is 8.94. The molecule has 0 aliphatic heterocycles. The molecule has 4 heteroatoms. The van der Waals surface area contributed by atoms with Crippen LogP contribution in [-0.4, -0.2) is 47.7 Å². The van der Waals surface area contributed by atoms with E-state index in [1.54, 1.807) is 0 Å². The quantitative estimate of drug-likeness (QED) is 0.563. The van der Waals surface area contributed by atoms with Gasteiger partial charge in [0, 0.05) is 12.6 Å². The molecule has 1 atom stereocenters. The molecule has 0 heterocycles. The summed E-state index contributed by atoms with van der Waals surface area (Å²) in [6, 6.07) is 0.374. The van der Waals surface area contributed by atoms with E-state index in [1.807, 2.05) is 13.8 Å². The summed E-state index contributed by atoms with van der Waals surface area (Å²) in [4.78, 5) is 0. The standard InChI is InChI=1S/C10H21NO3/c1-7(2)14-6-10(13)5-11-8-3-9(12)4-8/h7-13H,3-6H2,1-2H3. The van der Waals surface area contributed by atoms with E-state index in [2.05, 4.69) is 5.32 Å². The van der Waals surface area contributed by atoms with Crippen LogP contribution in [0.1, 0.15) is 26.7 Å². The molecule has 3 N–H and O–H groups in total. The van der Waals surface area contributed by atoms with Crippen molar-refractivity contribution in [1.29, 1.82) is 0 Å². The topological polar surface area (TPSA) is 61.7 Å². The summed E-state index contributed by atoms with van der Waals surface area (Å²) in [5.74, 6) is 0. The first-order valence-electron chi connectivity index (χ1n) is 5.29. The Balaban J connectivity index is 1.95. The maximum Gasteiger partial charge on any atom is 0.0897 e. The third-order valence-electron chi connectivity index (χ3n) is 2.38. The van der Waals surface area contributed by atoms with Crippen LogP contribution < -0.4 is 5.32 Å². The van der Waals surface area contributed by atoms with E-state index in [0.717, 1.165) is 12.8 Å². The lowest BCUT2D eigenvalue weighted by atomic mass is 9.89. The molecular formula is C10H21NO3. The van der Waals surface area contributed by atoms with Gasteiger partial charge in [-0.05, 0) is 26.7 Å². The third-order valence-corrected chi connectivity index (χ3v) is 2.38. The van der Waals surface area contributed by atoms with Crippen LogP contribution in [0.25, 0.3) is 0 Å². The monoisotopic (exact) mass is 203 g/mol. The van der Waals surface area contributed by atoms with Gasteiger partial charge in [0.15, 0.2) is 0 Å². The van der Waals surface area contributed by atoms with Gasteiger partial charge in [0.1, 0.15) is 0 Å². The summed E-state index contributed by atoms with van der Waals surface area (Å²) in [5.41, 5.74) is 0. The molecule has 4 nitrogen and oxygen atoms in total. The van der Waals surface area contributed by atoms with Crippen molar-refractivity contribution in [2.24, 2.45) is 0 Å². The van der Waals surface area contributed by atoms with E-state index >= 15 is 0 Å². The van der Waals surface area contributed by atoms with Gasteiger partial charge in [0.05, 0.1) is 24.9 Å². The average Bonchev–Trinajstić information content (AvgIpc) is 2.07. The summed E-state index contributed by atoms with van der Waals surface area (Å²) in [5, 5.41) is 21.7. The number of aliphatic hydroxyl groups is 2. The number of rotatable bonds is 6. The van der Waals surface area contributed by atoms with Gasteiger partial charge in [-0.15, -0.1) is 0 Å². The highest BCUT2D eigenvalue weighted by atomic mass is 16.5. The first-order valence-corrected chi connectivity index (χ1v) is 5.29. The van der Waals surface area contributed by atoms with Crippen LogP contribution in [0.3, 0.4) is 0 Å². The highest BCUT2D eigenvalue weighted by Gasteiger charge is 2.26. The van der Waals surface area contributed by atoms with Crippen molar-refractivity contribution in [1.82, 2.24) is 5.32 Å². The van der Waals surface area contributed by atoms with Gasteiger partial charge in [-0.25, -0.2) is 0 Å². The number of ether oxygens (including phenoxy) is 1. The van der Waals surface area contributed by atoms with Crippen LogP contribution in [0.5, 0.6) is 0 Å². The average molecular weight is 203 g/mol. The normalized spacial score (nSPS) is 28.9. The fourth-order valence-electron chi connectivity index (χ4n) is 1.42. The Labute approximate surface area is 85.3 Å². The van der Waals surface area contributed by atoms with Crippen LogP contribution in [0, 0.1) is 0 Å². The maximum absolute atomic E-state index is 9.48. The molecule has 0 aromatic heterocycles. The van der Waals surface area contributed by atoms with E-state index in [9.17, 15) is 5.11 Å². The number of nitrogens with one attached hydrogen (secondary N) is 1. The second kappa shape index (κ2) is 5.66. The Hall–Kier alpha value is -0.160. The predicted octanol–water partition coefficient (Wildman–Crippen LogP) is -0.115. The Morgan fingerprint density at radius 2 is 2.07 bits per heavy atom. The molecule has 0 amide bonds. The molecule has 0 saturated heterocycles. The van der Waals surface area contributed by atoms with Crippen LogP contribution in [0.15, 0.2) is 0 Å². The summed E-state index contributed by atoms with van der Waals surface area (Å²) in [7, 11) is 0. The van der Waals surface area contributed by atoms with E-state index < -0.39 is 6.10 Å². The summed E-state index contributed by atoms with van der Waals surface area (Å²) in [6.45, 7) is 4.81. The smallest absolute Gasteiger partial charge is 0.0897 e. The Morgan fingerprint density at radius 1 is 1.43 bits per heavy atom. The van der Waals surface area contributed by atoms with E-state index in [4.69, 9.17) is 9.84 Å². The van der Waals surface area contributed by atoms with Gasteiger partial charge < -0.3 is 20.3 Å². The van der Waals surface area contributed by atoms with Crippen molar-refractivity contribution < 1.29 is 14.9 Å². The van der Waals surface area contributed by atoms with Gasteiger partial charge in [-0.2, -0.15) is 0 Å². The molecule has 1 unspecified atom stereocenters. The van der Waals surface area contributed by atoms with E-state index in [0.29, 0.717) is 19.2 Å². The molecule has 1 saturated carbocycles. The van der Waals surface area contributed by atoms with Crippen LogP contribution in [0.4, 0.5) is 0 Å². The minimum absolute atomic E-state index is 0.142. The first-order chi connectivity index (χ1) is 6.58. The van der Waals surface area contributed by atoms with E-state index in [-0.39, 0.29) is 12.2 Å². The summed E-state index contributed by atoms with van der Waals surface area (Å²) in [6.07, 6.45) is 1.18. The molecule has 0 radical (unpaired) electrons. The zero-order chi connectivity index (χ0) is 10.6. The minimum Gasteiger partial charge on any atom is -0.393 e. The van der Waals surface area contributed by atoms with Crippen molar-refractivity contribution in [2.45, 2.75) is 51.0 Å². The Kier molecular flexibility index (Phi) is 4.81. The molecule has 1 aliphatic carbocycles. The van der Waals surface area contributed by atoms with Crippen LogP contribution in [-0.2, 0) is 4.74 Å².